The van der Waals surface area contributed by atoms with Gasteiger partial charge in [-0.3, -0.25) is 9.59 Å². The van der Waals surface area contributed by atoms with E-state index in [1.807, 2.05) is 0 Å². The average molecular weight is 371 g/mol. The van der Waals surface area contributed by atoms with Crippen molar-refractivity contribution in [1.29, 1.82) is 0 Å². The van der Waals surface area contributed by atoms with Crippen LogP contribution in [0, 0.1) is 0 Å². The van der Waals surface area contributed by atoms with E-state index in [4.69, 9.17) is 10.2 Å². The molecule has 0 unspecified atom stereocenters. The van der Waals surface area contributed by atoms with Gasteiger partial charge in [-0.15, -0.1) is 0 Å². The van der Waals surface area contributed by atoms with Crippen LogP contribution in [-0.2, 0) is 14.4 Å². The molecule has 2 N–H and O–H groups in total. The third-order valence-electron chi connectivity index (χ3n) is 4.55. The SMILES string of the molecule is CC/C=C/CCCCCC[N+](CCC(=O)[O-])(CCC(=O)O)CCC(=O)O. The lowest BCUT2D eigenvalue weighted by Gasteiger charge is -2.38. The number of carbonyl (C=O) groups excluding carboxylic acids is 1. The zero-order chi connectivity index (χ0) is 19.8. The number of carbonyl (C=O) groups is 3. The maximum atomic E-state index is 11.0. The summed E-state index contributed by atoms with van der Waals surface area (Å²) in [6, 6.07) is 0. The van der Waals surface area contributed by atoms with E-state index in [0.29, 0.717) is 6.54 Å². The van der Waals surface area contributed by atoms with E-state index in [9.17, 15) is 19.5 Å². The maximum absolute atomic E-state index is 11.0. The second-order valence-electron chi connectivity index (χ2n) is 6.73. The number of nitrogens with zero attached hydrogens (tertiary/aromatic N) is 1. The molecule has 7 heteroatoms. The number of carboxylic acids is 3. The minimum atomic E-state index is -1.19. The minimum Gasteiger partial charge on any atom is -0.550 e. The second kappa shape index (κ2) is 14.3. The van der Waals surface area contributed by atoms with Crippen LogP contribution in [0.3, 0.4) is 0 Å². The highest BCUT2D eigenvalue weighted by Gasteiger charge is 2.28. The van der Waals surface area contributed by atoms with Crippen LogP contribution in [-0.4, -0.2) is 58.8 Å². The van der Waals surface area contributed by atoms with Crippen molar-refractivity contribution in [3.05, 3.63) is 12.2 Å². The number of rotatable bonds is 17. The van der Waals surface area contributed by atoms with Crippen LogP contribution in [0.5, 0.6) is 0 Å². The molecule has 0 radical (unpaired) electrons. The summed E-state index contributed by atoms with van der Waals surface area (Å²) in [5.74, 6) is -3.11. The molecule has 0 amide bonds. The summed E-state index contributed by atoms with van der Waals surface area (Å²) in [5.41, 5.74) is 0. The first-order chi connectivity index (χ1) is 12.3. The van der Waals surface area contributed by atoms with Crippen molar-refractivity contribution in [3.63, 3.8) is 0 Å². The molecule has 0 aromatic carbocycles. The van der Waals surface area contributed by atoms with Gasteiger partial charge in [0.1, 0.15) is 0 Å². The summed E-state index contributed by atoms with van der Waals surface area (Å²) in [5, 5.41) is 28.8. The van der Waals surface area contributed by atoms with Crippen molar-refractivity contribution in [2.24, 2.45) is 0 Å². The van der Waals surface area contributed by atoms with Gasteiger partial charge in [0, 0.05) is 12.4 Å². The lowest BCUT2D eigenvalue weighted by molar-refractivity contribution is -0.927. The molecule has 0 aromatic heterocycles. The van der Waals surface area contributed by atoms with E-state index in [-0.39, 0.29) is 43.4 Å². The standard InChI is InChI=1S/C19H33NO6/c1-2-3-4-5-6-7-8-9-13-20(14-10-17(21)22,15-11-18(23)24)16-12-19(25)26/h3-4H,2,5-16H2,1H3,(H2-,21,22,23,24,25,26)/b4-3+. The fourth-order valence-corrected chi connectivity index (χ4v) is 3.01. The average Bonchev–Trinajstić information content (AvgIpc) is 2.57. The molecule has 0 aromatic rings. The molecular weight excluding hydrogens is 338 g/mol. The lowest BCUT2D eigenvalue weighted by atomic mass is 10.1. The van der Waals surface area contributed by atoms with Gasteiger partial charge in [-0.1, -0.05) is 25.5 Å². The molecule has 0 saturated carbocycles. The second-order valence-corrected chi connectivity index (χ2v) is 6.73. The van der Waals surface area contributed by atoms with E-state index < -0.39 is 17.9 Å². The van der Waals surface area contributed by atoms with Crippen molar-refractivity contribution in [3.8, 4) is 0 Å². The van der Waals surface area contributed by atoms with Crippen LogP contribution in [0.15, 0.2) is 12.2 Å². The Kier molecular flexibility index (Phi) is 13.3. The number of hydrogen-bond acceptors (Lipinski definition) is 4. The smallest absolute Gasteiger partial charge is 0.309 e. The number of aliphatic carboxylic acids is 3. The maximum Gasteiger partial charge on any atom is 0.309 e. The Morgan fingerprint density at radius 3 is 1.85 bits per heavy atom. The zero-order valence-electron chi connectivity index (χ0n) is 15.8. The van der Waals surface area contributed by atoms with Gasteiger partial charge < -0.3 is 24.6 Å². The van der Waals surface area contributed by atoms with Crippen LogP contribution in [0.2, 0.25) is 0 Å². The highest BCUT2D eigenvalue weighted by atomic mass is 16.4. The predicted molar refractivity (Wildman–Crippen MR) is 96.4 cm³/mol. The van der Waals surface area contributed by atoms with Crippen molar-refractivity contribution in [2.75, 3.05) is 26.2 Å². The van der Waals surface area contributed by atoms with E-state index in [1.54, 1.807) is 0 Å². The van der Waals surface area contributed by atoms with E-state index >= 15 is 0 Å². The molecule has 0 heterocycles. The Bertz CT molecular complexity index is 415. The number of unbranched alkanes of at least 4 members (excludes halogenated alkanes) is 4. The Balaban J connectivity index is 4.66. The predicted octanol–water partition coefficient (Wildman–Crippen LogP) is 1.81. The topological polar surface area (TPSA) is 115 Å². The van der Waals surface area contributed by atoms with Crippen molar-refractivity contribution in [2.45, 2.75) is 64.7 Å². The fourth-order valence-electron chi connectivity index (χ4n) is 3.01. The molecule has 0 rings (SSSR count). The Hall–Kier alpha value is -1.89. The minimum absolute atomic E-state index is 0.103. The molecule has 150 valence electrons. The van der Waals surface area contributed by atoms with Gasteiger partial charge in [-0.2, -0.15) is 0 Å². The molecule has 0 aliphatic heterocycles. The molecule has 0 fully saturated rings. The van der Waals surface area contributed by atoms with Crippen LogP contribution in [0.4, 0.5) is 0 Å². The third-order valence-corrected chi connectivity index (χ3v) is 4.55. The lowest BCUT2D eigenvalue weighted by Crippen LogP contribution is -2.53. The molecule has 0 saturated heterocycles. The summed E-state index contributed by atoms with van der Waals surface area (Å²) >= 11 is 0. The first-order valence-electron chi connectivity index (χ1n) is 9.45. The van der Waals surface area contributed by atoms with Gasteiger partial charge in [0.15, 0.2) is 0 Å². The van der Waals surface area contributed by atoms with Crippen molar-refractivity contribution < 1.29 is 34.2 Å². The Morgan fingerprint density at radius 2 is 1.35 bits per heavy atom. The molecule has 0 bridgehead atoms. The summed E-state index contributed by atoms with van der Waals surface area (Å²) in [4.78, 5) is 32.8. The van der Waals surface area contributed by atoms with Crippen molar-refractivity contribution >= 4 is 17.9 Å². The van der Waals surface area contributed by atoms with Gasteiger partial charge in [-0.05, 0) is 32.1 Å². The molecular formula is C19H33NO6. The number of allylic oxidation sites excluding steroid dienone is 2. The molecule has 7 nitrogen and oxygen atoms in total. The fraction of sp³-hybridized carbons (Fsp3) is 0.737. The summed E-state index contributed by atoms with van der Waals surface area (Å²) in [7, 11) is 0. The molecule has 0 aliphatic rings. The third kappa shape index (κ3) is 13.4. The molecule has 26 heavy (non-hydrogen) atoms. The summed E-state index contributed by atoms with van der Waals surface area (Å²) in [6.07, 6.45) is 9.90. The van der Waals surface area contributed by atoms with Crippen LogP contribution in [0.1, 0.15) is 64.7 Å². The number of hydrogen-bond donors (Lipinski definition) is 2. The van der Waals surface area contributed by atoms with Gasteiger partial charge >= 0.3 is 11.9 Å². The first-order valence-corrected chi connectivity index (χ1v) is 9.45. The Morgan fingerprint density at radius 1 is 0.808 bits per heavy atom. The summed E-state index contributed by atoms with van der Waals surface area (Å²) < 4.78 is 0.211. The highest BCUT2D eigenvalue weighted by molar-refractivity contribution is 5.67. The Labute approximate surface area is 155 Å². The van der Waals surface area contributed by atoms with E-state index in [0.717, 1.165) is 38.5 Å². The molecule has 0 atom stereocenters. The summed E-state index contributed by atoms with van der Waals surface area (Å²) in [6.45, 7) is 3.39. The first kappa shape index (κ1) is 24.1. The highest BCUT2D eigenvalue weighted by Crippen LogP contribution is 2.16. The van der Waals surface area contributed by atoms with Gasteiger partial charge in [-0.25, -0.2) is 0 Å². The number of carboxylic acid groups (broad SMARTS) is 3. The van der Waals surface area contributed by atoms with Crippen molar-refractivity contribution in [1.82, 2.24) is 0 Å². The molecule has 0 spiro atoms. The van der Waals surface area contributed by atoms with Gasteiger partial charge in [0.05, 0.1) is 39.0 Å². The van der Waals surface area contributed by atoms with Gasteiger partial charge in [0.2, 0.25) is 0 Å². The zero-order valence-corrected chi connectivity index (χ0v) is 15.8. The number of quaternary nitrogens is 1. The van der Waals surface area contributed by atoms with Gasteiger partial charge in [0.25, 0.3) is 0 Å². The molecule has 0 aliphatic carbocycles. The quantitative estimate of drug-likeness (QED) is 0.229. The monoisotopic (exact) mass is 371 g/mol. The van der Waals surface area contributed by atoms with Crippen LogP contribution < -0.4 is 5.11 Å². The normalized spacial score (nSPS) is 11.7. The van der Waals surface area contributed by atoms with E-state index in [2.05, 4.69) is 19.1 Å². The van der Waals surface area contributed by atoms with E-state index in [1.165, 1.54) is 0 Å². The van der Waals surface area contributed by atoms with Crippen LogP contribution in [0.25, 0.3) is 0 Å². The largest absolute Gasteiger partial charge is 0.550 e. The van der Waals surface area contributed by atoms with Crippen LogP contribution >= 0.6 is 0 Å².